The molecule has 0 saturated heterocycles. The van der Waals surface area contributed by atoms with E-state index in [1.165, 1.54) is 11.8 Å². The second-order valence-electron chi connectivity index (χ2n) is 6.71. The van der Waals surface area contributed by atoms with Gasteiger partial charge in [0.2, 0.25) is 11.8 Å². The van der Waals surface area contributed by atoms with Crippen LogP contribution in [0.2, 0.25) is 0 Å². The molecular formula is C22H25N3O2S. The molecule has 146 valence electrons. The number of nitrogens with one attached hydrogen (secondary N) is 1. The molecule has 3 aromatic rings. The number of aromatic nitrogens is 2. The highest BCUT2D eigenvalue weighted by Crippen LogP contribution is 2.28. The van der Waals surface area contributed by atoms with Crippen LogP contribution in [0.15, 0.2) is 64.2 Å². The van der Waals surface area contributed by atoms with Crippen molar-refractivity contribution in [3.63, 3.8) is 0 Å². The third-order valence-corrected chi connectivity index (χ3v) is 5.46. The van der Waals surface area contributed by atoms with Gasteiger partial charge in [0.15, 0.2) is 0 Å². The molecule has 0 spiro atoms. The number of aryl methyl sites for hydroxylation is 1. The van der Waals surface area contributed by atoms with Gasteiger partial charge in [0.25, 0.3) is 5.22 Å². The highest BCUT2D eigenvalue weighted by atomic mass is 32.2. The van der Waals surface area contributed by atoms with Crippen molar-refractivity contribution in [3.05, 3.63) is 65.7 Å². The number of carbonyl (C=O) groups excluding carboxylic acids is 1. The summed E-state index contributed by atoms with van der Waals surface area (Å²) in [5, 5.41) is 11.4. The van der Waals surface area contributed by atoms with Crippen LogP contribution in [-0.2, 0) is 4.79 Å². The number of nitrogens with zero attached hydrogens (tertiary/aromatic N) is 2. The summed E-state index contributed by atoms with van der Waals surface area (Å²) in [4.78, 5) is 12.7. The summed E-state index contributed by atoms with van der Waals surface area (Å²) in [5.74, 6) is 0.435. The van der Waals surface area contributed by atoms with Crippen LogP contribution in [0.3, 0.4) is 0 Å². The predicted octanol–water partition coefficient (Wildman–Crippen LogP) is 5.18. The van der Waals surface area contributed by atoms with Crippen LogP contribution in [-0.4, -0.2) is 21.4 Å². The van der Waals surface area contributed by atoms with E-state index in [0.717, 1.165) is 29.5 Å². The predicted molar refractivity (Wildman–Crippen MR) is 112 cm³/mol. The van der Waals surface area contributed by atoms with E-state index in [2.05, 4.69) is 22.4 Å². The Bertz CT molecular complexity index is 911. The van der Waals surface area contributed by atoms with E-state index in [9.17, 15) is 4.79 Å². The molecule has 28 heavy (non-hydrogen) atoms. The fourth-order valence-corrected chi connectivity index (χ4v) is 3.66. The van der Waals surface area contributed by atoms with Crippen molar-refractivity contribution >= 4 is 17.7 Å². The molecule has 0 aliphatic heterocycles. The molecule has 1 N–H and O–H groups in total. The maximum Gasteiger partial charge on any atom is 0.277 e. The van der Waals surface area contributed by atoms with Gasteiger partial charge in [0, 0.05) is 5.56 Å². The molecule has 0 bridgehead atoms. The summed E-state index contributed by atoms with van der Waals surface area (Å²) in [6, 6.07) is 17.9. The van der Waals surface area contributed by atoms with Crippen molar-refractivity contribution in [1.82, 2.24) is 15.5 Å². The quantitative estimate of drug-likeness (QED) is 0.532. The molecule has 6 heteroatoms. The number of amides is 1. The maximum atomic E-state index is 12.7. The lowest BCUT2D eigenvalue weighted by Crippen LogP contribution is -2.34. The Morgan fingerprint density at radius 1 is 1.11 bits per heavy atom. The number of carbonyl (C=O) groups is 1. The molecule has 1 amide bonds. The van der Waals surface area contributed by atoms with Crippen LogP contribution < -0.4 is 5.32 Å². The van der Waals surface area contributed by atoms with Crippen molar-refractivity contribution < 1.29 is 9.21 Å². The first-order valence-corrected chi connectivity index (χ1v) is 10.4. The van der Waals surface area contributed by atoms with Gasteiger partial charge in [0.1, 0.15) is 0 Å². The third-order valence-electron chi connectivity index (χ3n) is 4.52. The van der Waals surface area contributed by atoms with Crippen LogP contribution in [0.25, 0.3) is 11.5 Å². The smallest absolute Gasteiger partial charge is 0.277 e. The molecule has 5 nitrogen and oxygen atoms in total. The average molecular weight is 396 g/mol. The zero-order chi connectivity index (χ0) is 19.9. The van der Waals surface area contributed by atoms with Gasteiger partial charge >= 0.3 is 0 Å². The van der Waals surface area contributed by atoms with Gasteiger partial charge in [-0.1, -0.05) is 73.6 Å². The summed E-state index contributed by atoms with van der Waals surface area (Å²) in [6.45, 7) is 5.97. The molecule has 0 aliphatic rings. The van der Waals surface area contributed by atoms with Crippen LogP contribution >= 0.6 is 11.8 Å². The molecule has 1 aromatic heterocycles. The molecular weight excluding hydrogens is 370 g/mol. The molecule has 0 radical (unpaired) electrons. The Hall–Kier alpha value is -2.60. The van der Waals surface area contributed by atoms with Crippen LogP contribution in [0, 0.1) is 6.92 Å². The van der Waals surface area contributed by atoms with E-state index in [-0.39, 0.29) is 17.2 Å². The lowest BCUT2D eigenvalue weighted by atomic mass is 10.0. The van der Waals surface area contributed by atoms with E-state index < -0.39 is 0 Å². The van der Waals surface area contributed by atoms with Gasteiger partial charge in [-0.3, -0.25) is 4.79 Å². The zero-order valence-corrected chi connectivity index (χ0v) is 17.2. The molecule has 0 unspecified atom stereocenters. The van der Waals surface area contributed by atoms with Gasteiger partial charge < -0.3 is 9.73 Å². The lowest BCUT2D eigenvalue weighted by molar-refractivity contribution is -0.121. The van der Waals surface area contributed by atoms with Crippen molar-refractivity contribution in [1.29, 1.82) is 0 Å². The topological polar surface area (TPSA) is 68.0 Å². The summed E-state index contributed by atoms with van der Waals surface area (Å²) in [6.07, 6.45) is 1.88. The molecule has 0 fully saturated rings. The Morgan fingerprint density at radius 2 is 1.82 bits per heavy atom. The Balaban J connectivity index is 1.65. The first kappa shape index (κ1) is 20.1. The minimum atomic E-state index is -0.340. The molecule has 0 saturated carbocycles. The van der Waals surface area contributed by atoms with Crippen LogP contribution in [0.5, 0.6) is 0 Å². The Kier molecular flexibility index (Phi) is 6.87. The van der Waals surface area contributed by atoms with Crippen molar-refractivity contribution in [2.45, 2.75) is 50.1 Å². The fraction of sp³-hybridized carbons (Fsp3) is 0.318. The number of hydrogen-bond acceptors (Lipinski definition) is 5. The van der Waals surface area contributed by atoms with E-state index in [0.29, 0.717) is 11.1 Å². The van der Waals surface area contributed by atoms with Crippen LogP contribution in [0.1, 0.15) is 43.9 Å². The minimum absolute atomic E-state index is 0.00645. The fourth-order valence-electron chi connectivity index (χ4n) is 2.97. The van der Waals surface area contributed by atoms with Gasteiger partial charge in [0.05, 0.1) is 11.3 Å². The maximum absolute atomic E-state index is 12.7. The van der Waals surface area contributed by atoms with E-state index in [1.54, 1.807) is 0 Å². The van der Waals surface area contributed by atoms with Crippen molar-refractivity contribution in [2.24, 2.45) is 0 Å². The normalized spacial score (nSPS) is 13.1. The summed E-state index contributed by atoms with van der Waals surface area (Å²) in [5.41, 5.74) is 3.10. The monoisotopic (exact) mass is 395 g/mol. The Morgan fingerprint density at radius 3 is 2.54 bits per heavy atom. The number of thioether (sulfide) groups is 1. The number of rotatable bonds is 8. The van der Waals surface area contributed by atoms with E-state index >= 15 is 0 Å². The van der Waals surface area contributed by atoms with Gasteiger partial charge in [-0.15, -0.1) is 10.2 Å². The standard InChI is InChI=1S/C22H25N3O2S/c1-4-10-19(17-12-6-5-7-13-17)23-20(26)16(3)28-22-25-24-21(27-22)18-14-9-8-11-15(18)2/h5-9,11-14,16,19H,4,10H2,1-3H3,(H,23,26)/t16-,19-/m0/s1. The zero-order valence-electron chi connectivity index (χ0n) is 16.4. The Labute approximate surface area is 170 Å². The molecule has 3 rings (SSSR count). The van der Waals surface area contributed by atoms with Gasteiger partial charge in [-0.2, -0.15) is 0 Å². The number of hydrogen-bond donors (Lipinski definition) is 1. The second kappa shape index (κ2) is 9.55. The van der Waals surface area contributed by atoms with Gasteiger partial charge in [-0.05, 0) is 37.5 Å². The largest absolute Gasteiger partial charge is 0.411 e. The summed E-state index contributed by atoms with van der Waals surface area (Å²) >= 11 is 1.28. The molecule has 0 aliphatic carbocycles. The third kappa shape index (κ3) is 5.01. The first-order chi connectivity index (χ1) is 13.6. The van der Waals surface area contributed by atoms with E-state index in [1.807, 2.05) is 68.4 Å². The van der Waals surface area contributed by atoms with Gasteiger partial charge in [-0.25, -0.2) is 0 Å². The van der Waals surface area contributed by atoms with E-state index in [4.69, 9.17) is 4.42 Å². The lowest BCUT2D eigenvalue weighted by Gasteiger charge is -2.20. The van der Waals surface area contributed by atoms with Crippen molar-refractivity contribution in [2.75, 3.05) is 0 Å². The number of benzene rings is 2. The molecule has 2 atom stereocenters. The summed E-state index contributed by atoms with van der Waals surface area (Å²) in [7, 11) is 0. The minimum Gasteiger partial charge on any atom is -0.411 e. The van der Waals surface area contributed by atoms with Crippen LogP contribution in [0.4, 0.5) is 0 Å². The SMILES string of the molecule is CCC[C@H](NC(=O)[C@H](C)Sc1nnc(-c2ccccc2C)o1)c1ccccc1. The average Bonchev–Trinajstić information content (AvgIpc) is 3.16. The first-order valence-electron chi connectivity index (χ1n) is 9.50. The summed E-state index contributed by atoms with van der Waals surface area (Å²) < 4.78 is 5.77. The molecule has 2 aromatic carbocycles. The highest BCUT2D eigenvalue weighted by molar-refractivity contribution is 8.00. The van der Waals surface area contributed by atoms with Crippen molar-refractivity contribution in [3.8, 4) is 11.5 Å². The molecule has 1 heterocycles. The second-order valence-corrected chi connectivity index (χ2v) is 8.00. The highest BCUT2D eigenvalue weighted by Gasteiger charge is 2.22.